The number of nitrogens with two attached hydrogens (primary N) is 1. The van der Waals surface area contributed by atoms with Gasteiger partial charge in [-0.15, -0.1) is 0 Å². The molecule has 0 aromatic heterocycles. The van der Waals surface area contributed by atoms with Crippen LogP contribution >= 0.6 is 0 Å². The van der Waals surface area contributed by atoms with E-state index in [4.69, 9.17) is 21.1 Å². The van der Waals surface area contributed by atoms with Crippen molar-refractivity contribution in [1.82, 2.24) is 4.72 Å². The van der Waals surface area contributed by atoms with Crippen LogP contribution in [0.2, 0.25) is 0 Å². The predicted octanol–water partition coefficient (Wildman–Crippen LogP) is -1.74. The predicted molar refractivity (Wildman–Crippen MR) is 65.2 cm³/mol. The molecular formula is C10H16N2O5S. The van der Waals surface area contributed by atoms with Gasteiger partial charge in [-0.1, -0.05) is 12.1 Å². The zero-order chi connectivity index (χ0) is 13.8. The second-order valence-corrected chi connectivity index (χ2v) is 5.55. The molecule has 0 aliphatic carbocycles. The van der Waals surface area contributed by atoms with Crippen molar-refractivity contribution in [3.8, 4) is 0 Å². The number of benzene rings is 1. The lowest BCUT2D eigenvalue weighted by Gasteiger charge is -2.28. The Kier molecular flexibility index (Phi) is 4.65. The number of anilines is 1. The summed E-state index contributed by atoms with van der Waals surface area (Å²) in [4.78, 5) is -0.176. The first-order valence-corrected chi connectivity index (χ1v) is 6.60. The molecule has 1 rings (SSSR count). The molecule has 0 unspecified atom stereocenters. The molecule has 0 spiro atoms. The van der Waals surface area contributed by atoms with E-state index in [1.54, 1.807) is 6.07 Å². The lowest BCUT2D eigenvalue weighted by atomic mass is 10.1. The van der Waals surface area contributed by atoms with Crippen LogP contribution in [0.15, 0.2) is 29.2 Å². The number of rotatable bonds is 6. The van der Waals surface area contributed by atoms with Gasteiger partial charge in [0.05, 0.1) is 25.5 Å². The van der Waals surface area contributed by atoms with E-state index in [1.807, 2.05) is 0 Å². The van der Waals surface area contributed by atoms with Gasteiger partial charge in [0.15, 0.2) is 0 Å². The van der Waals surface area contributed by atoms with Crippen LogP contribution in [-0.2, 0) is 10.0 Å². The molecule has 0 amide bonds. The molecule has 0 heterocycles. The molecule has 0 fully saturated rings. The molecule has 0 atom stereocenters. The van der Waals surface area contributed by atoms with Crippen molar-refractivity contribution < 1.29 is 23.7 Å². The molecule has 0 bridgehead atoms. The minimum Gasteiger partial charge on any atom is -0.398 e. The van der Waals surface area contributed by atoms with E-state index in [1.165, 1.54) is 18.2 Å². The SMILES string of the molecule is Nc1ccccc1S(=O)(=O)NC(CO)(CO)CO. The average Bonchev–Trinajstić information content (AvgIpc) is 2.36. The number of hydrogen-bond acceptors (Lipinski definition) is 6. The lowest BCUT2D eigenvalue weighted by Crippen LogP contribution is -2.56. The van der Waals surface area contributed by atoms with Crippen LogP contribution in [0.3, 0.4) is 0 Å². The first kappa shape index (κ1) is 14.9. The van der Waals surface area contributed by atoms with Crippen molar-refractivity contribution in [2.24, 2.45) is 0 Å². The Morgan fingerprint density at radius 1 is 1.11 bits per heavy atom. The fourth-order valence-corrected chi connectivity index (χ4v) is 2.82. The average molecular weight is 276 g/mol. The van der Waals surface area contributed by atoms with Gasteiger partial charge >= 0.3 is 0 Å². The highest BCUT2D eigenvalue weighted by Crippen LogP contribution is 2.19. The van der Waals surface area contributed by atoms with E-state index < -0.39 is 35.4 Å². The Balaban J connectivity index is 3.13. The zero-order valence-electron chi connectivity index (χ0n) is 9.57. The lowest BCUT2D eigenvalue weighted by molar-refractivity contribution is 0.0582. The van der Waals surface area contributed by atoms with Crippen LogP contribution in [0, 0.1) is 0 Å². The highest BCUT2D eigenvalue weighted by atomic mass is 32.2. The largest absolute Gasteiger partial charge is 0.398 e. The number of para-hydroxylation sites is 1. The van der Waals surface area contributed by atoms with Gasteiger partial charge in [0, 0.05) is 0 Å². The van der Waals surface area contributed by atoms with Gasteiger partial charge in [0.1, 0.15) is 10.4 Å². The molecule has 8 heteroatoms. The number of hydrogen-bond donors (Lipinski definition) is 5. The molecule has 1 aromatic rings. The van der Waals surface area contributed by atoms with Gasteiger partial charge in [0.25, 0.3) is 0 Å². The quantitative estimate of drug-likeness (QED) is 0.392. The molecule has 0 saturated heterocycles. The summed E-state index contributed by atoms with van der Waals surface area (Å²) in [5, 5.41) is 27.2. The van der Waals surface area contributed by atoms with Crippen LogP contribution in [0.4, 0.5) is 5.69 Å². The second kappa shape index (κ2) is 5.63. The third kappa shape index (κ3) is 2.98. The first-order chi connectivity index (χ1) is 8.40. The van der Waals surface area contributed by atoms with Crippen molar-refractivity contribution in [1.29, 1.82) is 0 Å². The molecule has 6 N–H and O–H groups in total. The Bertz CT molecular complexity index is 490. The van der Waals surface area contributed by atoms with Crippen LogP contribution in [0.25, 0.3) is 0 Å². The van der Waals surface area contributed by atoms with Crippen molar-refractivity contribution >= 4 is 15.7 Å². The van der Waals surface area contributed by atoms with E-state index in [0.29, 0.717) is 0 Å². The van der Waals surface area contributed by atoms with Gasteiger partial charge in [0.2, 0.25) is 10.0 Å². The summed E-state index contributed by atoms with van der Waals surface area (Å²) in [6.45, 7) is -2.23. The molecule has 0 aliphatic rings. The molecule has 0 saturated carbocycles. The Morgan fingerprint density at radius 2 is 1.61 bits per heavy atom. The maximum absolute atomic E-state index is 12.0. The molecule has 18 heavy (non-hydrogen) atoms. The first-order valence-electron chi connectivity index (χ1n) is 5.12. The maximum atomic E-state index is 12.0. The minimum atomic E-state index is -4.04. The monoisotopic (exact) mass is 276 g/mol. The Morgan fingerprint density at radius 3 is 2.06 bits per heavy atom. The number of aliphatic hydroxyl groups excluding tert-OH is 3. The molecule has 0 aliphatic heterocycles. The Labute approximate surface area is 105 Å². The summed E-state index contributed by atoms with van der Waals surface area (Å²) in [6.07, 6.45) is 0. The van der Waals surface area contributed by atoms with E-state index in [-0.39, 0.29) is 10.6 Å². The fourth-order valence-electron chi connectivity index (χ4n) is 1.31. The Hall–Kier alpha value is -1.19. The van der Waals surface area contributed by atoms with Crippen molar-refractivity contribution in [2.45, 2.75) is 10.4 Å². The summed E-state index contributed by atoms with van der Waals surface area (Å²) in [5.74, 6) is 0. The summed E-state index contributed by atoms with van der Waals surface area (Å²) in [5.41, 5.74) is 3.86. The van der Waals surface area contributed by atoms with Crippen LogP contribution in [0.5, 0.6) is 0 Å². The van der Waals surface area contributed by atoms with Gasteiger partial charge in [-0.05, 0) is 12.1 Å². The van der Waals surface area contributed by atoms with E-state index >= 15 is 0 Å². The van der Waals surface area contributed by atoms with Crippen LogP contribution in [0.1, 0.15) is 0 Å². The summed E-state index contributed by atoms with van der Waals surface area (Å²) < 4.78 is 26.1. The molecule has 1 aromatic carbocycles. The van der Waals surface area contributed by atoms with E-state index in [2.05, 4.69) is 4.72 Å². The highest BCUT2D eigenvalue weighted by Gasteiger charge is 2.34. The van der Waals surface area contributed by atoms with Crippen LogP contribution in [-0.4, -0.2) is 49.1 Å². The van der Waals surface area contributed by atoms with E-state index in [0.717, 1.165) is 0 Å². The van der Waals surface area contributed by atoms with Gasteiger partial charge in [-0.2, -0.15) is 4.72 Å². The van der Waals surface area contributed by atoms with Crippen molar-refractivity contribution in [3.05, 3.63) is 24.3 Å². The van der Waals surface area contributed by atoms with Gasteiger partial charge in [-0.25, -0.2) is 8.42 Å². The molecule has 0 radical (unpaired) electrons. The van der Waals surface area contributed by atoms with Crippen molar-refractivity contribution in [3.63, 3.8) is 0 Å². The number of aliphatic hydroxyl groups is 3. The normalized spacial score (nSPS) is 12.6. The maximum Gasteiger partial charge on any atom is 0.243 e. The molecular weight excluding hydrogens is 260 g/mol. The van der Waals surface area contributed by atoms with Gasteiger partial charge in [-0.3, -0.25) is 0 Å². The standard InChI is InChI=1S/C10H16N2O5S/c11-8-3-1-2-4-9(8)18(16,17)12-10(5-13,6-14)7-15/h1-4,12-15H,5-7,11H2. The van der Waals surface area contributed by atoms with Crippen LogP contribution < -0.4 is 10.5 Å². The topological polar surface area (TPSA) is 133 Å². The molecule has 102 valence electrons. The fraction of sp³-hybridized carbons (Fsp3) is 0.400. The highest BCUT2D eigenvalue weighted by molar-refractivity contribution is 7.89. The zero-order valence-corrected chi connectivity index (χ0v) is 10.4. The third-order valence-corrected chi connectivity index (χ3v) is 4.12. The van der Waals surface area contributed by atoms with Gasteiger partial charge < -0.3 is 21.1 Å². The third-order valence-electron chi connectivity index (χ3n) is 2.47. The number of nitrogen functional groups attached to an aromatic ring is 1. The van der Waals surface area contributed by atoms with Crippen molar-refractivity contribution in [2.75, 3.05) is 25.6 Å². The molecule has 7 nitrogen and oxygen atoms in total. The summed E-state index contributed by atoms with van der Waals surface area (Å²) >= 11 is 0. The van der Waals surface area contributed by atoms with E-state index in [9.17, 15) is 8.42 Å². The summed E-state index contributed by atoms with van der Waals surface area (Å²) in [7, 11) is -4.04. The minimum absolute atomic E-state index is 0.0349. The summed E-state index contributed by atoms with van der Waals surface area (Å²) in [6, 6.07) is 5.76. The second-order valence-electron chi connectivity index (χ2n) is 3.90. The smallest absolute Gasteiger partial charge is 0.243 e. The number of nitrogens with one attached hydrogen (secondary N) is 1. The number of sulfonamides is 1.